The minimum absolute atomic E-state index is 0.172. The first kappa shape index (κ1) is 30.3. The molecule has 0 saturated carbocycles. The third-order valence-corrected chi connectivity index (χ3v) is 10.00. The third-order valence-electron chi connectivity index (χ3n) is 8.06. The van der Waals surface area contributed by atoms with Gasteiger partial charge in [-0.15, -0.1) is 10.8 Å². The quantitative estimate of drug-likeness (QED) is 0.174. The smallest absolute Gasteiger partial charge is 0.251 e. The second-order valence-electron chi connectivity index (χ2n) is 11.1. The summed E-state index contributed by atoms with van der Waals surface area (Å²) in [4.78, 5) is 13.7. The van der Waals surface area contributed by atoms with Crippen molar-refractivity contribution in [2.45, 2.75) is 56.9 Å². The van der Waals surface area contributed by atoms with E-state index in [1.165, 1.54) is 0 Å². The SMILES string of the molecule is CCNc1cc(C(=O)N[C@@H](Cc2ccccc2)[C@@H](O)CN[C@@H]2c3ccccc3C[C@@H]2O)cc(N2CCCCS2(O)O)c1. The van der Waals surface area contributed by atoms with E-state index in [2.05, 4.69) is 16.0 Å². The Kier molecular flexibility index (Phi) is 9.72. The highest BCUT2D eigenvalue weighted by Gasteiger charge is 2.32. The number of anilines is 2. The summed E-state index contributed by atoms with van der Waals surface area (Å²) in [5, 5.41) is 31.7. The van der Waals surface area contributed by atoms with Crippen molar-refractivity contribution in [3.63, 3.8) is 0 Å². The van der Waals surface area contributed by atoms with Crippen LogP contribution in [0.5, 0.6) is 0 Å². The maximum Gasteiger partial charge on any atom is 0.251 e. The topological polar surface area (TPSA) is 137 Å². The number of amides is 1. The van der Waals surface area contributed by atoms with Gasteiger partial charge in [-0.1, -0.05) is 54.6 Å². The molecule has 0 unspecified atom stereocenters. The fourth-order valence-electron chi connectivity index (χ4n) is 5.91. The fraction of sp³-hybridized carbons (Fsp3) is 0.406. The van der Waals surface area contributed by atoms with E-state index in [9.17, 15) is 24.1 Å². The van der Waals surface area contributed by atoms with Crippen molar-refractivity contribution in [3.05, 3.63) is 95.1 Å². The Labute approximate surface area is 249 Å². The van der Waals surface area contributed by atoms with Crippen LogP contribution in [0.25, 0.3) is 0 Å². The molecule has 0 bridgehead atoms. The first-order valence-electron chi connectivity index (χ1n) is 14.7. The van der Waals surface area contributed by atoms with Crippen LogP contribution in [-0.4, -0.2) is 68.9 Å². The lowest BCUT2D eigenvalue weighted by Crippen LogP contribution is -2.49. The number of rotatable bonds is 11. The highest BCUT2D eigenvalue weighted by molar-refractivity contribution is 8.25. The molecule has 0 aromatic heterocycles. The van der Waals surface area contributed by atoms with E-state index < -0.39 is 29.0 Å². The van der Waals surface area contributed by atoms with Gasteiger partial charge in [-0.05, 0) is 61.1 Å². The fourth-order valence-corrected chi connectivity index (χ4v) is 7.59. The Morgan fingerprint density at radius 1 is 1.05 bits per heavy atom. The zero-order valence-corrected chi connectivity index (χ0v) is 24.8. The Morgan fingerprint density at radius 2 is 1.81 bits per heavy atom. The number of hydrogen-bond acceptors (Lipinski definition) is 8. The second-order valence-corrected chi connectivity index (χ2v) is 13.3. The summed E-state index contributed by atoms with van der Waals surface area (Å²) >= 11 is 0. The van der Waals surface area contributed by atoms with Crippen LogP contribution in [0.3, 0.4) is 0 Å². The Balaban J connectivity index is 1.36. The number of hydrogen-bond donors (Lipinski definition) is 7. The van der Waals surface area contributed by atoms with Gasteiger partial charge >= 0.3 is 0 Å². The van der Waals surface area contributed by atoms with Crippen molar-refractivity contribution in [3.8, 4) is 0 Å². The standard InChI is InChI=1S/C32H42N4O5S/c1-2-33-25-17-24(18-26(20-25)36-14-8-9-15-42(36,40)41)32(39)35-28(16-22-10-4-3-5-11-22)30(38)21-34-31-27-13-7-6-12-23(27)19-29(31)37/h3-7,10-13,17-18,20,28-31,33-34,37-38,40-41H,2,8-9,14-16,19,21H2,1H3,(H,35,39)/t28-,29-,30-,31+/m0/s1. The van der Waals surface area contributed by atoms with E-state index in [0.717, 1.165) is 29.5 Å². The van der Waals surface area contributed by atoms with E-state index in [-0.39, 0.29) is 18.5 Å². The van der Waals surface area contributed by atoms with Gasteiger partial charge in [-0.3, -0.25) is 18.2 Å². The Morgan fingerprint density at radius 3 is 2.57 bits per heavy atom. The lowest BCUT2D eigenvalue weighted by atomic mass is 9.99. The van der Waals surface area contributed by atoms with Gasteiger partial charge in [0.2, 0.25) is 0 Å². The molecule has 226 valence electrons. The van der Waals surface area contributed by atoms with Crippen LogP contribution >= 0.6 is 10.8 Å². The summed E-state index contributed by atoms with van der Waals surface area (Å²) in [6.07, 6.45) is 1.01. The van der Waals surface area contributed by atoms with Crippen LogP contribution < -0.4 is 20.3 Å². The number of fused-ring (bicyclic) bond motifs is 1. The zero-order valence-electron chi connectivity index (χ0n) is 23.9. The largest absolute Gasteiger partial charge is 0.391 e. The van der Waals surface area contributed by atoms with Crippen LogP contribution in [0.2, 0.25) is 0 Å². The molecule has 3 aromatic rings. The maximum atomic E-state index is 13.7. The normalized spacial score (nSPS) is 21.7. The molecule has 1 aliphatic carbocycles. The summed E-state index contributed by atoms with van der Waals surface area (Å²) in [5.41, 5.74) is 4.73. The van der Waals surface area contributed by atoms with Crippen molar-refractivity contribution >= 4 is 28.1 Å². The van der Waals surface area contributed by atoms with Crippen LogP contribution in [0, 0.1) is 0 Å². The summed E-state index contributed by atoms with van der Waals surface area (Å²) in [6, 6.07) is 21.9. The molecule has 7 N–H and O–H groups in total. The van der Waals surface area contributed by atoms with Gasteiger partial charge in [0.25, 0.3) is 5.91 Å². The van der Waals surface area contributed by atoms with Crippen LogP contribution in [0.15, 0.2) is 72.8 Å². The van der Waals surface area contributed by atoms with Gasteiger partial charge in [0, 0.05) is 37.3 Å². The number of aliphatic hydroxyl groups is 2. The Hall–Kier alpha value is -3.12. The second kappa shape index (κ2) is 13.5. The number of aliphatic hydroxyl groups excluding tert-OH is 2. The molecule has 42 heavy (non-hydrogen) atoms. The van der Waals surface area contributed by atoms with Gasteiger partial charge < -0.3 is 26.2 Å². The van der Waals surface area contributed by atoms with Crippen LogP contribution in [-0.2, 0) is 12.8 Å². The highest BCUT2D eigenvalue weighted by atomic mass is 32.3. The first-order valence-corrected chi connectivity index (χ1v) is 16.4. The molecule has 10 heteroatoms. The molecule has 0 spiro atoms. The van der Waals surface area contributed by atoms with E-state index >= 15 is 0 Å². The number of nitrogens with zero attached hydrogens (tertiary/aromatic N) is 1. The summed E-state index contributed by atoms with van der Waals surface area (Å²) in [7, 11) is -2.96. The third kappa shape index (κ3) is 7.08. The highest BCUT2D eigenvalue weighted by Crippen LogP contribution is 2.50. The number of benzene rings is 3. The van der Waals surface area contributed by atoms with E-state index in [1.807, 2.05) is 67.6 Å². The van der Waals surface area contributed by atoms with Gasteiger partial charge in [0.15, 0.2) is 0 Å². The number of carbonyl (C=O) groups excluding carboxylic acids is 1. The summed E-state index contributed by atoms with van der Waals surface area (Å²) in [6.45, 7) is 3.26. The average Bonchev–Trinajstić information content (AvgIpc) is 3.30. The molecule has 1 aliphatic heterocycles. The van der Waals surface area contributed by atoms with E-state index in [0.29, 0.717) is 48.6 Å². The van der Waals surface area contributed by atoms with Gasteiger partial charge in [0.05, 0.1) is 35.7 Å². The number of nitrogens with one attached hydrogen (secondary N) is 3. The molecule has 5 rings (SSSR count). The Bertz CT molecular complexity index is 1360. The molecule has 3 aromatic carbocycles. The van der Waals surface area contributed by atoms with Crippen LogP contribution in [0.1, 0.15) is 52.9 Å². The van der Waals surface area contributed by atoms with Gasteiger partial charge in [0.1, 0.15) is 0 Å². The minimum atomic E-state index is -2.96. The average molecular weight is 595 g/mol. The molecule has 2 aliphatic rings. The molecule has 1 amide bonds. The summed E-state index contributed by atoms with van der Waals surface area (Å²) < 4.78 is 23.1. The lowest BCUT2D eigenvalue weighted by molar-refractivity contribution is 0.0788. The molecule has 1 fully saturated rings. The molecule has 1 saturated heterocycles. The number of carbonyl (C=O) groups is 1. The van der Waals surface area contributed by atoms with Gasteiger partial charge in [-0.2, -0.15) is 0 Å². The first-order chi connectivity index (χ1) is 20.2. The van der Waals surface area contributed by atoms with Crippen molar-refractivity contribution in [1.82, 2.24) is 10.6 Å². The summed E-state index contributed by atoms with van der Waals surface area (Å²) in [5.74, 6) is -0.0610. The van der Waals surface area contributed by atoms with Crippen molar-refractivity contribution in [1.29, 1.82) is 0 Å². The van der Waals surface area contributed by atoms with Gasteiger partial charge in [-0.25, -0.2) is 0 Å². The van der Waals surface area contributed by atoms with Crippen molar-refractivity contribution in [2.24, 2.45) is 0 Å². The molecule has 4 atom stereocenters. The van der Waals surface area contributed by atoms with Crippen molar-refractivity contribution in [2.75, 3.05) is 35.0 Å². The van der Waals surface area contributed by atoms with E-state index in [4.69, 9.17) is 0 Å². The molecule has 0 radical (unpaired) electrons. The van der Waals surface area contributed by atoms with Crippen LogP contribution in [0.4, 0.5) is 11.4 Å². The predicted octanol–water partition coefficient (Wildman–Crippen LogP) is 4.33. The van der Waals surface area contributed by atoms with Crippen molar-refractivity contribution < 1.29 is 24.1 Å². The molecule has 1 heterocycles. The molecule has 9 nitrogen and oxygen atoms in total. The maximum absolute atomic E-state index is 13.7. The molecular weight excluding hydrogens is 552 g/mol. The zero-order chi connectivity index (χ0) is 29.7. The predicted molar refractivity (Wildman–Crippen MR) is 169 cm³/mol. The molecular formula is C32H42N4O5S. The lowest BCUT2D eigenvalue weighted by Gasteiger charge is -2.47. The monoisotopic (exact) mass is 594 g/mol. The minimum Gasteiger partial charge on any atom is -0.391 e. The van der Waals surface area contributed by atoms with E-state index in [1.54, 1.807) is 16.4 Å².